The van der Waals surface area contributed by atoms with Gasteiger partial charge in [0.05, 0.1) is 24.1 Å². The number of nitro groups is 1. The third-order valence-corrected chi connectivity index (χ3v) is 4.02. The standard InChI is InChI=1S/C19H29N5O4.HI/c1-19(2,3)23-17(25)13-22-18(21-12-16-5-4-10-28-16)20-11-14-6-8-15(9-7-14)24(26)27;/h6-9,16H,4-5,10-13H2,1-3H3,(H,23,25)(H2,20,21,22);1H. The topological polar surface area (TPSA) is 118 Å². The molecule has 0 bridgehead atoms. The lowest BCUT2D eigenvalue weighted by Crippen LogP contribution is -2.49. The highest BCUT2D eigenvalue weighted by Crippen LogP contribution is 2.13. The maximum atomic E-state index is 12.1. The van der Waals surface area contributed by atoms with Gasteiger partial charge in [0.25, 0.3) is 5.69 Å². The molecular weight excluding hydrogens is 489 g/mol. The van der Waals surface area contributed by atoms with Gasteiger partial charge in [-0.2, -0.15) is 0 Å². The lowest BCUT2D eigenvalue weighted by atomic mass is 10.1. The van der Waals surface area contributed by atoms with E-state index < -0.39 is 4.92 Å². The largest absolute Gasteiger partial charge is 0.376 e. The Morgan fingerprint density at radius 3 is 2.52 bits per heavy atom. The number of hydrogen-bond donors (Lipinski definition) is 3. The van der Waals surface area contributed by atoms with Gasteiger partial charge in [0.15, 0.2) is 5.96 Å². The van der Waals surface area contributed by atoms with E-state index >= 15 is 0 Å². The Kier molecular flexibility index (Phi) is 10.3. The molecule has 0 aromatic heterocycles. The second kappa shape index (κ2) is 11.9. The number of hydrogen-bond acceptors (Lipinski definition) is 5. The number of guanidine groups is 1. The molecule has 1 fully saturated rings. The van der Waals surface area contributed by atoms with Gasteiger partial charge >= 0.3 is 0 Å². The van der Waals surface area contributed by atoms with Crippen LogP contribution < -0.4 is 16.0 Å². The van der Waals surface area contributed by atoms with Crippen LogP contribution in [0.25, 0.3) is 0 Å². The first-order valence-electron chi connectivity index (χ1n) is 9.41. The fourth-order valence-corrected chi connectivity index (χ4v) is 2.71. The average molecular weight is 519 g/mol. The summed E-state index contributed by atoms with van der Waals surface area (Å²) in [5.74, 6) is 0.368. The molecule has 1 aromatic rings. The summed E-state index contributed by atoms with van der Waals surface area (Å²) < 4.78 is 5.60. The lowest BCUT2D eigenvalue weighted by Gasteiger charge is -2.21. The zero-order chi connectivity index (χ0) is 20.6. The number of non-ortho nitro benzene ring substituents is 1. The molecule has 29 heavy (non-hydrogen) atoms. The van der Waals surface area contributed by atoms with Crippen LogP contribution in [0, 0.1) is 10.1 Å². The second-order valence-electron chi connectivity index (χ2n) is 7.76. The summed E-state index contributed by atoms with van der Waals surface area (Å²) in [6.07, 6.45) is 2.17. The van der Waals surface area contributed by atoms with Crippen molar-refractivity contribution in [3.8, 4) is 0 Å². The van der Waals surface area contributed by atoms with E-state index in [1.165, 1.54) is 12.1 Å². The van der Waals surface area contributed by atoms with Crippen molar-refractivity contribution in [3.05, 3.63) is 39.9 Å². The Morgan fingerprint density at radius 1 is 1.28 bits per heavy atom. The van der Waals surface area contributed by atoms with Gasteiger partial charge in [-0.25, -0.2) is 4.99 Å². The van der Waals surface area contributed by atoms with Gasteiger partial charge in [0.1, 0.15) is 0 Å². The zero-order valence-corrected chi connectivity index (χ0v) is 19.4. The number of ether oxygens (including phenoxy) is 1. The van der Waals surface area contributed by atoms with Crippen molar-refractivity contribution in [1.29, 1.82) is 0 Å². The summed E-state index contributed by atoms with van der Waals surface area (Å²) in [5, 5.41) is 19.9. The Balaban J connectivity index is 0.00000420. The quantitative estimate of drug-likeness (QED) is 0.167. The first-order chi connectivity index (χ1) is 13.2. The van der Waals surface area contributed by atoms with Crippen LogP contribution in [0.2, 0.25) is 0 Å². The molecule has 1 atom stereocenters. The molecule has 0 spiro atoms. The molecule has 1 amide bonds. The molecule has 1 aromatic carbocycles. The van der Waals surface area contributed by atoms with E-state index in [4.69, 9.17) is 4.74 Å². The third-order valence-electron chi connectivity index (χ3n) is 4.02. The van der Waals surface area contributed by atoms with E-state index in [-0.39, 0.29) is 53.8 Å². The first kappa shape index (κ1) is 25.1. The molecule has 0 aliphatic carbocycles. The van der Waals surface area contributed by atoms with E-state index in [1.54, 1.807) is 12.1 Å². The average Bonchev–Trinajstić information content (AvgIpc) is 3.13. The smallest absolute Gasteiger partial charge is 0.269 e. The van der Waals surface area contributed by atoms with Gasteiger partial charge in [-0.1, -0.05) is 12.1 Å². The number of halogens is 1. The summed E-state index contributed by atoms with van der Waals surface area (Å²) >= 11 is 0. The molecule has 1 unspecified atom stereocenters. The van der Waals surface area contributed by atoms with E-state index in [0.29, 0.717) is 19.0 Å². The summed E-state index contributed by atoms with van der Waals surface area (Å²) in [6, 6.07) is 6.25. The summed E-state index contributed by atoms with van der Waals surface area (Å²) in [7, 11) is 0. The monoisotopic (exact) mass is 519 g/mol. The van der Waals surface area contributed by atoms with Gasteiger partial charge in [0, 0.05) is 30.8 Å². The molecule has 1 heterocycles. The minimum atomic E-state index is -0.434. The molecule has 0 radical (unpaired) electrons. The Morgan fingerprint density at radius 2 is 1.97 bits per heavy atom. The number of amides is 1. The maximum Gasteiger partial charge on any atom is 0.269 e. The number of aliphatic imine (C=N–C) groups is 1. The Bertz CT molecular complexity index is 698. The van der Waals surface area contributed by atoms with E-state index in [2.05, 4.69) is 20.9 Å². The van der Waals surface area contributed by atoms with Crippen molar-refractivity contribution in [1.82, 2.24) is 16.0 Å². The van der Waals surface area contributed by atoms with Gasteiger partial charge in [-0.15, -0.1) is 24.0 Å². The minimum absolute atomic E-state index is 0. The summed E-state index contributed by atoms with van der Waals surface area (Å²) in [6.45, 7) is 7.56. The van der Waals surface area contributed by atoms with Crippen LogP contribution in [0.15, 0.2) is 29.3 Å². The van der Waals surface area contributed by atoms with Crippen LogP contribution in [0.5, 0.6) is 0 Å². The van der Waals surface area contributed by atoms with Crippen LogP contribution in [-0.2, 0) is 16.1 Å². The van der Waals surface area contributed by atoms with Gasteiger partial charge in [-0.3, -0.25) is 14.9 Å². The molecule has 1 saturated heterocycles. The van der Waals surface area contributed by atoms with Gasteiger partial charge in [-0.05, 0) is 39.2 Å². The second-order valence-corrected chi connectivity index (χ2v) is 7.76. The normalized spacial score (nSPS) is 16.7. The number of nitro benzene ring substituents is 1. The first-order valence-corrected chi connectivity index (χ1v) is 9.41. The molecule has 162 valence electrons. The van der Waals surface area contributed by atoms with Crippen molar-refractivity contribution in [2.75, 3.05) is 19.7 Å². The number of carbonyl (C=O) groups excluding carboxylic acids is 1. The van der Waals surface area contributed by atoms with Gasteiger partial charge < -0.3 is 20.7 Å². The third kappa shape index (κ3) is 9.88. The van der Waals surface area contributed by atoms with Crippen LogP contribution in [0.4, 0.5) is 5.69 Å². The number of nitrogens with one attached hydrogen (secondary N) is 3. The van der Waals surface area contributed by atoms with Crippen molar-refractivity contribution in [2.24, 2.45) is 4.99 Å². The molecular formula is C19H30IN5O4. The van der Waals surface area contributed by atoms with Crippen molar-refractivity contribution < 1.29 is 14.5 Å². The van der Waals surface area contributed by atoms with E-state index in [0.717, 1.165) is 25.0 Å². The predicted molar refractivity (Wildman–Crippen MR) is 123 cm³/mol. The molecule has 10 heteroatoms. The van der Waals surface area contributed by atoms with Crippen LogP contribution in [0.3, 0.4) is 0 Å². The highest BCUT2D eigenvalue weighted by atomic mass is 127. The highest BCUT2D eigenvalue weighted by molar-refractivity contribution is 14.0. The zero-order valence-electron chi connectivity index (χ0n) is 17.1. The molecule has 0 saturated carbocycles. The minimum Gasteiger partial charge on any atom is -0.376 e. The van der Waals surface area contributed by atoms with Crippen LogP contribution >= 0.6 is 24.0 Å². The fourth-order valence-electron chi connectivity index (χ4n) is 2.71. The lowest BCUT2D eigenvalue weighted by molar-refractivity contribution is -0.384. The Hall–Kier alpha value is -1.95. The van der Waals surface area contributed by atoms with Crippen molar-refractivity contribution in [3.63, 3.8) is 0 Å². The molecule has 3 N–H and O–H groups in total. The number of carbonyl (C=O) groups is 1. The highest BCUT2D eigenvalue weighted by Gasteiger charge is 2.17. The maximum absolute atomic E-state index is 12.1. The molecule has 9 nitrogen and oxygen atoms in total. The number of nitrogens with zero attached hydrogens (tertiary/aromatic N) is 2. The van der Waals surface area contributed by atoms with E-state index in [1.807, 2.05) is 20.8 Å². The van der Waals surface area contributed by atoms with Crippen molar-refractivity contribution in [2.45, 2.75) is 51.8 Å². The number of rotatable bonds is 7. The summed E-state index contributed by atoms with van der Waals surface area (Å²) in [4.78, 5) is 26.9. The van der Waals surface area contributed by atoms with E-state index in [9.17, 15) is 14.9 Å². The SMILES string of the molecule is CC(C)(C)NC(=O)CNC(=NCc1ccc([N+](=O)[O-])cc1)NCC1CCCO1.I. The molecule has 2 rings (SSSR count). The van der Waals surface area contributed by atoms with Crippen LogP contribution in [0.1, 0.15) is 39.2 Å². The predicted octanol–water partition coefficient (Wildman–Crippen LogP) is 2.34. The van der Waals surface area contributed by atoms with Crippen LogP contribution in [-0.4, -0.2) is 48.1 Å². The summed E-state index contributed by atoms with van der Waals surface area (Å²) in [5.41, 5.74) is 0.573. The molecule has 1 aliphatic heterocycles. The fraction of sp³-hybridized carbons (Fsp3) is 0.579. The van der Waals surface area contributed by atoms with Gasteiger partial charge in [0.2, 0.25) is 5.91 Å². The molecule has 1 aliphatic rings. The number of benzene rings is 1. The Labute approximate surface area is 188 Å². The van der Waals surface area contributed by atoms with Crippen molar-refractivity contribution >= 4 is 41.5 Å².